The summed E-state index contributed by atoms with van der Waals surface area (Å²) < 4.78 is 18.4. The van der Waals surface area contributed by atoms with Gasteiger partial charge in [0.15, 0.2) is 0 Å². The first-order chi connectivity index (χ1) is 19.5. The smallest absolute Gasteiger partial charge is 0.413 e. The molecule has 0 fully saturated rings. The highest BCUT2D eigenvalue weighted by molar-refractivity contribution is 8.12. The fourth-order valence-corrected chi connectivity index (χ4v) is 12.1. The number of nitriles is 2. The Morgan fingerprint density at radius 2 is 0.825 bits per heavy atom. The van der Waals surface area contributed by atoms with Crippen molar-refractivity contribution >= 4 is 41.4 Å². The lowest BCUT2D eigenvalue weighted by molar-refractivity contribution is 0.489. The van der Waals surface area contributed by atoms with Gasteiger partial charge in [-0.25, -0.2) is 0 Å². The fourth-order valence-electron chi connectivity index (χ4n) is 4.20. The van der Waals surface area contributed by atoms with Crippen molar-refractivity contribution in [3.8, 4) is 23.6 Å². The Bertz CT molecular complexity index is 1620. The van der Waals surface area contributed by atoms with Crippen molar-refractivity contribution in [1.82, 2.24) is 0 Å². The van der Waals surface area contributed by atoms with Crippen molar-refractivity contribution in [3.63, 3.8) is 0 Å². The lowest BCUT2D eigenvalue weighted by atomic mass is 10.2. The van der Waals surface area contributed by atoms with Crippen LogP contribution in [0.25, 0.3) is 0 Å². The molecule has 0 atom stereocenters. The van der Waals surface area contributed by atoms with Gasteiger partial charge in [-0.1, -0.05) is 91.0 Å². The number of hydrogen-bond donors (Lipinski definition) is 0. The Hall–Kier alpha value is -4.44. The Kier molecular flexibility index (Phi) is 8.26. The Morgan fingerprint density at radius 3 is 1.12 bits per heavy atom. The van der Waals surface area contributed by atoms with Gasteiger partial charge >= 0.3 is 6.64 Å². The largest absolute Gasteiger partial charge is 0.419 e. The SMILES string of the molecule is N#Cc1ccc(OP(=S)(N=P(c2ccccc2)(c2ccccc2)c2ccccc2)Oc2ccc(C#N)cc2)cc1. The highest BCUT2D eigenvalue weighted by Crippen LogP contribution is 2.61. The first-order valence-corrected chi connectivity index (χ1v) is 16.7. The van der Waals surface area contributed by atoms with E-state index in [0.29, 0.717) is 22.6 Å². The van der Waals surface area contributed by atoms with Crippen LogP contribution in [0.1, 0.15) is 11.1 Å². The second-order valence-corrected chi connectivity index (χ2v) is 14.9. The fraction of sp³-hybridized carbons (Fsp3) is 0. The van der Waals surface area contributed by atoms with Gasteiger partial charge in [-0.3, -0.25) is 0 Å². The van der Waals surface area contributed by atoms with Gasteiger partial charge in [-0.05, 0) is 48.5 Å². The van der Waals surface area contributed by atoms with E-state index in [0.717, 1.165) is 15.9 Å². The summed E-state index contributed by atoms with van der Waals surface area (Å²) in [5.74, 6) is 0.902. The van der Waals surface area contributed by atoms with Crippen LogP contribution in [0.4, 0.5) is 0 Å². The minimum absolute atomic E-state index is 0.451. The molecule has 0 unspecified atom stereocenters. The van der Waals surface area contributed by atoms with E-state index in [1.165, 1.54) is 0 Å². The Morgan fingerprint density at radius 1 is 0.500 bits per heavy atom. The van der Waals surface area contributed by atoms with E-state index < -0.39 is 13.7 Å². The molecule has 0 radical (unpaired) electrons. The van der Waals surface area contributed by atoms with Crippen LogP contribution in [0.2, 0.25) is 0 Å². The molecule has 0 bridgehead atoms. The van der Waals surface area contributed by atoms with Gasteiger partial charge in [0.2, 0.25) is 0 Å². The standard InChI is InChI=1S/C32H23N3O2P2S/c33-24-26-16-20-28(21-17-26)36-39(40,37-29-22-18-27(25-34)19-23-29)35-38(30-10-4-1-5-11-30,31-12-6-2-7-13-31)32-14-8-3-9-15-32/h1-23H. The molecule has 0 amide bonds. The maximum absolute atomic E-state index is 9.26. The molecule has 0 spiro atoms. The monoisotopic (exact) mass is 575 g/mol. The van der Waals surface area contributed by atoms with Gasteiger partial charge < -0.3 is 9.05 Å². The molecule has 5 aromatic rings. The van der Waals surface area contributed by atoms with Crippen LogP contribution in [-0.4, -0.2) is 0 Å². The average Bonchev–Trinajstić information content (AvgIpc) is 3.02. The molecular formula is C32H23N3O2P2S. The minimum atomic E-state index is -3.49. The highest BCUT2D eigenvalue weighted by Gasteiger charge is 2.34. The first-order valence-electron chi connectivity index (χ1n) is 12.3. The second-order valence-electron chi connectivity index (χ2n) is 8.65. The third kappa shape index (κ3) is 5.91. The van der Waals surface area contributed by atoms with Crippen LogP contribution >= 0.6 is 13.7 Å². The molecule has 5 nitrogen and oxygen atoms in total. The van der Waals surface area contributed by atoms with E-state index in [9.17, 15) is 10.5 Å². The summed E-state index contributed by atoms with van der Waals surface area (Å²) in [6.45, 7) is -3.49. The van der Waals surface area contributed by atoms with E-state index in [-0.39, 0.29) is 0 Å². The number of rotatable bonds is 8. The molecule has 0 N–H and O–H groups in total. The molecule has 0 saturated carbocycles. The molecule has 0 aliphatic carbocycles. The van der Waals surface area contributed by atoms with Gasteiger partial charge in [0, 0.05) is 27.7 Å². The molecule has 5 rings (SSSR count). The quantitative estimate of drug-likeness (QED) is 0.182. The van der Waals surface area contributed by atoms with Gasteiger partial charge in [0.1, 0.15) is 11.5 Å². The van der Waals surface area contributed by atoms with Crippen LogP contribution in [0.15, 0.2) is 144 Å². The zero-order valence-electron chi connectivity index (χ0n) is 21.2. The van der Waals surface area contributed by atoms with Crippen molar-refractivity contribution in [2.24, 2.45) is 4.52 Å². The average molecular weight is 576 g/mol. The summed E-state index contributed by atoms with van der Waals surface area (Å²) in [6.07, 6.45) is 0. The van der Waals surface area contributed by atoms with Crippen molar-refractivity contribution < 1.29 is 9.05 Å². The summed E-state index contributed by atoms with van der Waals surface area (Å²) in [7, 11) is -2.76. The van der Waals surface area contributed by atoms with E-state index in [2.05, 4.69) is 48.5 Å². The van der Waals surface area contributed by atoms with Gasteiger partial charge in [0.25, 0.3) is 0 Å². The maximum Gasteiger partial charge on any atom is 0.413 e. The first kappa shape index (κ1) is 27.1. The topological polar surface area (TPSA) is 78.4 Å². The van der Waals surface area contributed by atoms with Crippen molar-refractivity contribution in [3.05, 3.63) is 151 Å². The number of nitrogens with zero attached hydrogens (tertiary/aromatic N) is 3. The van der Waals surface area contributed by atoms with Crippen LogP contribution < -0.4 is 25.0 Å². The third-order valence-electron chi connectivity index (χ3n) is 6.04. The summed E-state index contributed by atoms with van der Waals surface area (Å²) in [5.41, 5.74) is 1.01. The minimum Gasteiger partial charge on any atom is -0.419 e. The molecular weight excluding hydrogens is 552 g/mol. The molecule has 5 aromatic carbocycles. The van der Waals surface area contributed by atoms with Crippen molar-refractivity contribution in [2.45, 2.75) is 0 Å². The van der Waals surface area contributed by atoms with E-state index >= 15 is 0 Å². The lowest BCUT2D eigenvalue weighted by Crippen LogP contribution is -2.25. The molecule has 0 heterocycles. The molecule has 0 aliphatic rings. The van der Waals surface area contributed by atoms with E-state index in [1.54, 1.807) is 48.5 Å². The van der Waals surface area contributed by atoms with Gasteiger partial charge in [-0.15, -0.1) is 0 Å². The predicted octanol–water partition coefficient (Wildman–Crippen LogP) is 7.29. The van der Waals surface area contributed by atoms with Crippen molar-refractivity contribution in [2.75, 3.05) is 0 Å². The molecule has 0 saturated heterocycles. The van der Waals surface area contributed by atoms with Crippen LogP contribution in [0.5, 0.6) is 11.5 Å². The Balaban J connectivity index is 1.80. The van der Waals surface area contributed by atoms with Crippen molar-refractivity contribution in [1.29, 1.82) is 10.5 Å². The zero-order valence-corrected chi connectivity index (χ0v) is 23.8. The van der Waals surface area contributed by atoms with E-state index in [1.807, 2.05) is 54.6 Å². The van der Waals surface area contributed by atoms with Crippen LogP contribution in [0, 0.1) is 22.7 Å². The number of hydrogen-bond acceptors (Lipinski definition) is 5. The summed E-state index contributed by atoms with van der Waals surface area (Å²) in [4.78, 5) is 0. The molecule has 0 aromatic heterocycles. The normalized spacial score (nSPS) is 11.1. The summed E-state index contributed by atoms with van der Waals surface area (Å²) in [6, 6.07) is 48.1. The molecule has 8 heteroatoms. The van der Waals surface area contributed by atoms with Crippen LogP contribution in [0.3, 0.4) is 0 Å². The maximum atomic E-state index is 9.26. The lowest BCUT2D eigenvalue weighted by Gasteiger charge is -2.30. The summed E-state index contributed by atoms with van der Waals surface area (Å²) in [5, 5.41) is 21.6. The van der Waals surface area contributed by atoms with E-state index in [4.69, 9.17) is 25.4 Å². The third-order valence-corrected chi connectivity index (χ3v) is 13.1. The zero-order chi connectivity index (χ0) is 27.8. The Labute approximate surface area is 239 Å². The molecule has 0 aliphatic heterocycles. The molecule has 40 heavy (non-hydrogen) atoms. The van der Waals surface area contributed by atoms with Gasteiger partial charge in [0.05, 0.1) is 30.3 Å². The predicted molar refractivity (Wildman–Crippen MR) is 165 cm³/mol. The second kappa shape index (κ2) is 12.2. The molecule has 194 valence electrons. The highest BCUT2D eigenvalue weighted by atomic mass is 32.5. The van der Waals surface area contributed by atoms with Crippen LogP contribution in [-0.2, 0) is 11.8 Å². The van der Waals surface area contributed by atoms with Gasteiger partial charge in [-0.2, -0.15) is 15.0 Å². The number of benzene rings is 5. The summed E-state index contributed by atoms with van der Waals surface area (Å²) >= 11 is 6.23.